The van der Waals surface area contributed by atoms with Crippen LogP contribution in [-0.4, -0.2) is 54.0 Å². The normalized spacial score (nSPS) is 17.1. The number of ether oxygens (including phenoxy) is 1. The van der Waals surface area contributed by atoms with Crippen molar-refractivity contribution in [3.8, 4) is 5.75 Å². The van der Waals surface area contributed by atoms with Crippen LogP contribution in [0.3, 0.4) is 0 Å². The zero-order valence-corrected chi connectivity index (χ0v) is 37.5. The first kappa shape index (κ1) is 40.9. The SMILES string of the molecule is CC(Oc1ccccc1[CH]=[Ru]([Cl])[Cl])C(=O)[N+]1(C(C)c2ccc3ccc(C(C)C)cc3c2N2CCN(c3c(C(C)C)ccc4ccc(C(C)C)cc34)C2)CCCC1. The Kier molecular flexibility index (Phi) is 12.3. The van der Waals surface area contributed by atoms with Crippen LogP contribution in [0.25, 0.3) is 21.5 Å². The van der Waals surface area contributed by atoms with Gasteiger partial charge in [-0.3, -0.25) is 0 Å². The minimum atomic E-state index is -2.09. The van der Waals surface area contributed by atoms with Gasteiger partial charge in [0.05, 0.1) is 0 Å². The molecule has 56 heavy (non-hydrogen) atoms. The number of quaternary nitrogens is 1. The Morgan fingerprint density at radius 2 is 1.21 bits per heavy atom. The Hall–Kier alpha value is -3.28. The molecule has 7 rings (SSSR count). The van der Waals surface area contributed by atoms with E-state index in [1.54, 1.807) is 0 Å². The van der Waals surface area contributed by atoms with Crippen LogP contribution < -0.4 is 14.5 Å². The molecule has 2 aliphatic heterocycles. The molecule has 2 unspecified atom stereocenters. The second-order valence-corrected chi connectivity index (χ2v) is 22.6. The number of carbonyl (C=O) groups excluding carboxylic acids is 1. The standard InChI is InChI=1S/C48H58N3O2.2ClH.Ru/c1-31(2)39-18-16-37-20-22-41(33(5)6)46(43(37)28-39)49-24-25-50(30-49)47-42(23-21-38-17-19-40(32(3)4)29-44(38)47)35(8)51(26-12-13-27-51)48(52)36(9)53-45-15-11-10-14-34(45)7;;;/h7,10-11,14-23,28-29,31-33,35-36H,12-13,24-27,30H2,1-6,8-9H3;2*1H;/q+1;;;+2/p-2. The number of nitrogens with zero attached hydrogens (tertiary/aromatic N) is 3. The monoisotopic (exact) mass is 880 g/mol. The molecule has 0 aliphatic carbocycles. The molecule has 5 aromatic carbocycles. The second kappa shape index (κ2) is 16.9. The third-order valence-corrected chi connectivity index (χ3v) is 14.3. The predicted molar refractivity (Wildman–Crippen MR) is 236 cm³/mol. The van der Waals surface area contributed by atoms with Crippen molar-refractivity contribution >= 4 is 62.8 Å². The molecular formula is C48H58Cl2N3O2Ru+. The van der Waals surface area contributed by atoms with Crippen molar-refractivity contribution in [2.24, 2.45) is 0 Å². The Labute approximate surface area is 347 Å². The number of amides is 1. The molecule has 5 aromatic rings. The van der Waals surface area contributed by atoms with Gasteiger partial charge in [0, 0.05) is 17.6 Å². The Balaban J connectivity index is 1.32. The van der Waals surface area contributed by atoms with Gasteiger partial charge in [-0.25, -0.2) is 0 Å². The van der Waals surface area contributed by atoms with Crippen LogP contribution >= 0.6 is 19.4 Å². The number of para-hydroxylation sites is 1. The summed E-state index contributed by atoms with van der Waals surface area (Å²) in [7, 11) is 12.6. The van der Waals surface area contributed by atoms with E-state index in [9.17, 15) is 4.79 Å². The van der Waals surface area contributed by atoms with Gasteiger partial charge in [0.25, 0.3) is 0 Å². The molecule has 2 heterocycles. The van der Waals surface area contributed by atoms with Crippen molar-refractivity contribution in [1.82, 2.24) is 0 Å². The summed E-state index contributed by atoms with van der Waals surface area (Å²) in [4.78, 5) is 20.2. The van der Waals surface area contributed by atoms with Gasteiger partial charge < -0.3 is 4.90 Å². The third-order valence-electron chi connectivity index (χ3n) is 12.4. The molecule has 0 saturated carbocycles. The van der Waals surface area contributed by atoms with Crippen LogP contribution in [-0.2, 0) is 18.3 Å². The molecule has 0 aromatic heterocycles. The van der Waals surface area contributed by atoms with Gasteiger partial charge in [-0.2, -0.15) is 0 Å². The number of hydrogen-bond donors (Lipinski definition) is 0. The van der Waals surface area contributed by atoms with Gasteiger partial charge in [0.15, 0.2) is 0 Å². The molecule has 2 aliphatic rings. The van der Waals surface area contributed by atoms with Crippen LogP contribution in [0.2, 0.25) is 0 Å². The van der Waals surface area contributed by atoms with Crippen LogP contribution in [0.1, 0.15) is 120 Å². The third kappa shape index (κ3) is 7.93. The number of carbonyl (C=O) groups is 1. The van der Waals surface area contributed by atoms with Crippen molar-refractivity contribution in [3.05, 3.63) is 113 Å². The van der Waals surface area contributed by atoms with Gasteiger partial charge >= 0.3 is 203 Å². The molecule has 5 nitrogen and oxygen atoms in total. The fraction of sp³-hybridized carbons (Fsp3) is 0.417. The molecule has 0 N–H and O–H groups in total. The van der Waals surface area contributed by atoms with Gasteiger partial charge in [-0.15, -0.1) is 0 Å². The predicted octanol–water partition coefficient (Wildman–Crippen LogP) is 12.4. The summed E-state index contributed by atoms with van der Waals surface area (Å²) in [5.41, 5.74) is 8.80. The van der Waals surface area contributed by atoms with Gasteiger partial charge in [0.2, 0.25) is 0 Å². The Morgan fingerprint density at radius 1 is 0.696 bits per heavy atom. The van der Waals surface area contributed by atoms with E-state index in [-0.39, 0.29) is 11.9 Å². The average molecular weight is 881 g/mol. The molecule has 298 valence electrons. The van der Waals surface area contributed by atoms with Gasteiger partial charge in [-0.1, -0.05) is 77.9 Å². The molecule has 2 saturated heterocycles. The van der Waals surface area contributed by atoms with E-state index >= 15 is 0 Å². The molecule has 0 bridgehead atoms. The number of likely N-dealkylation sites (tertiary alicyclic amines) is 1. The number of fused-ring (bicyclic) bond motifs is 2. The number of benzene rings is 5. The van der Waals surface area contributed by atoms with E-state index < -0.39 is 19.6 Å². The molecule has 0 radical (unpaired) electrons. The summed E-state index contributed by atoms with van der Waals surface area (Å²) < 4.78 is 8.78. The van der Waals surface area contributed by atoms with Crippen LogP contribution in [0.4, 0.5) is 11.4 Å². The van der Waals surface area contributed by atoms with Crippen molar-refractivity contribution in [3.63, 3.8) is 0 Å². The maximum absolute atomic E-state index is 15.0. The average Bonchev–Trinajstić information content (AvgIpc) is 3.88. The summed E-state index contributed by atoms with van der Waals surface area (Å²) in [5, 5.41) is 5.13. The molecular weight excluding hydrogens is 823 g/mol. The van der Waals surface area contributed by atoms with Crippen LogP contribution in [0.15, 0.2) is 84.9 Å². The fourth-order valence-corrected chi connectivity index (χ4v) is 11.0. The maximum atomic E-state index is 15.0. The first-order valence-electron chi connectivity index (χ1n) is 20.4. The van der Waals surface area contributed by atoms with E-state index in [0.29, 0.717) is 28.0 Å². The van der Waals surface area contributed by atoms with Crippen molar-refractivity contribution in [2.75, 3.05) is 42.6 Å². The molecule has 1 amide bonds. The summed E-state index contributed by atoms with van der Waals surface area (Å²) in [5.74, 6) is 2.02. The molecule has 8 heteroatoms. The number of hydrogen-bond acceptors (Lipinski definition) is 4. The van der Waals surface area contributed by atoms with E-state index in [2.05, 4.69) is 119 Å². The summed E-state index contributed by atoms with van der Waals surface area (Å²) >= 11 is -2.09. The zero-order chi connectivity index (χ0) is 39.9. The topological polar surface area (TPSA) is 32.8 Å². The van der Waals surface area contributed by atoms with Crippen LogP contribution in [0.5, 0.6) is 5.75 Å². The van der Waals surface area contributed by atoms with Crippen molar-refractivity contribution in [1.29, 1.82) is 0 Å². The number of halogens is 2. The Bertz CT molecular complexity index is 2270. The number of anilines is 2. The van der Waals surface area contributed by atoms with Crippen molar-refractivity contribution < 1.29 is 27.5 Å². The summed E-state index contributed by atoms with van der Waals surface area (Å²) in [6.07, 6.45) is 1.37. The fourth-order valence-electron chi connectivity index (χ4n) is 9.18. The second-order valence-electron chi connectivity index (χ2n) is 16.9. The van der Waals surface area contributed by atoms with E-state index in [1.165, 1.54) is 55.2 Å². The zero-order valence-electron chi connectivity index (χ0n) is 34.3. The number of rotatable bonds is 11. The Morgan fingerprint density at radius 3 is 1.75 bits per heavy atom. The first-order valence-corrected chi connectivity index (χ1v) is 25.9. The minimum absolute atomic E-state index is 0.0749. The van der Waals surface area contributed by atoms with E-state index in [1.807, 2.05) is 35.8 Å². The molecule has 2 fully saturated rings. The van der Waals surface area contributed by atoms with Crippen LogP contribution in [0, 0.1) is 0 Å². The quantitative estimate of drug-likeness (QED) is 0.0977. The summed E-state index contributed by atoms with van der Waals surface area (Å²) in [6.45, 7) is 22.1. The molecule has 2 atom stereocenters. The van der Waals surface area contributed by atoms with Gasteiger partial charge in [-0.05, 0) is 45.9 Å². The van der Waals surface area contributed by atoms with Crippen molar-refractivity contribution in [2.45, 2.75) is 98.1 Å². The first-order chi connectivity index (χ1) is 26.8. The van der Waals surface area contributed by atoms with E-state index in [0.717, 1.165) is 51.3 Å². The van der Waals surface area contributed by atoms with E-state index in [4.69, 9.17) is 24.1 Å². The summed E-state index contributed by atoms with van der Waals surface area (Å²) in [6, 6.07) is 30.9. The molecule has 0 spiro atoms. The van der Waals surface area contributed by atoms with Gasteiger partial charge in [0.1, 0.15) is 0 Å².